The van der Waals surface area contributed by atoms with Gasteiger partial charge in [-0.05, 0) is 32.4 Å². The van der Waals surface area contributed by atoms with E-state index in [4.69, 9.17) is 9.47 Å². The Balaban J connectivity index is 1.83. The standard InChI is InChI=1S/C14H22N2O2/c1-16(11-14-5-3-4-8-18-14)10-12-9-13(17-2)6-7-15-12/h6-7,9,14H,3-5,8,10-11H2,1-2H3. The maximum atomic E-state index is 5.74. The summed E-state index contributed by atoms with van der Waals surface area (Å²) >= 11 is 0. The largest absolute Gasteiger partial charge is 0.497 e. The minimum atomic E-state index is 0.384. The first-order chi connectivity index (χ1) is 8.78. The molecule has 4 nitrogen and oxygen atoms in total. The SMILES string of the molecule is COc1ccnc(CN(C)CC2CCCCO2)c1. The van der Waals surface area contributed by atoms with Gasteiger partial charge in [0.15, 0.2) is 0 Å². The Bertz CT molecular complexity index is 365. The molecule has 100 valence electrons. The number of hydrogen-bond acceptors (Lipinski definition) is 4. The highest BCUT2D eigenvalue weighted by atomic mass is 16.5. The quantitative estimate of drug-likeness (QED) is 0.801. The van der Waals surface area contributed by atoms with Crippen LogP contribution >= 0.6 is 0 Å². The molecule has 0 radical (unpaired) electrons. The second-order valence-corrected chi connectivity index (χ2v) is 4.87. The molecule has 0 aromatic carbocycles. The van der Waals surface area contributed by atoms with E-state index >= 15 is 0 Å². The van der Waals surface area contributed by atoms with Crippen molar-refractivity contribution in [3.8, 4) is 5.75 Å². The van der Waals surface area contributed by atoms with Gasteiger partial charge in [-0.3, -0.25) is 9.88 Å². The summed E-state index contributed by atoms with van der Waals surface area (Å²) in [6.07, 6.45) is 5.84. The van der Waals surface area contributed by atoms with E-state index in [0.29, 0.717) is 6.10 Å². The molecule has 1 saturated heterocycles. The van der Waals surface area contributed by atoms with Gasteiger partial charge in [0, 0.05) is 32.0 Å². The molecular formula is C14H22N2O2. The van der Waals surface area contributed by atoms with Crippen LogP contribution in [-0.2, 0) is 11.3 Å². The second-order valence-electron chi connectivity index (χ2n) is 4.87. The first-order valence-electron chi connectivity index (χ1n) is 6.57. The number of pyridine rings is 1. The fourth-order valence-electron chi connectivity index (χ4n) is 2.31. The number of likely N-dealkylation sites (N-methyl/N-ethyl adjacent to an activating group) is 1. The average Bonchev–Trinajstić information content (AvgIpc) is 2.40. The molecule has 1 unspecified atom stereocenters. The lowest BCUT2D eigenvalue weighted by atomic mass is 10.1. The molecule has 0 N–H and O–H groups in total. The van der Waals surface area contributed by atoms with Gasteiger partial charge >= 0.3 is 0 Å². The van der Waals surface area contributed by atoms with Crippen molar-refractivity contribution in [1.82, 2.24) is 9.88 Å². The Morgan fingerprint density at radius 1 is 1.50 bits per heavy atom. The zero-order valence-electron chi connectivity index (χ0n) is 11.3. The molecule has 1 fully saturated rings. The Morgan fingerprint density at radius 3 is 3.11 bits per heavy atom. The molecule has 18 heavy (non-hydrogen) atoms. The van der Waals surface area contributed by atoms with Crippen LogP contribution in [0.2, 0.25) is 0 Å². The molecule has 0 bridgehead atoms. The van der Waals surface area contributed by atoms with Gasteiger partial charge < -0.3 is 9.47 Å². The summed E-state index contributed by atoms with van der Waals surface area (Å²) in [6, 6.07) is 3.85. The summed E-state index contributed by atoms with van der Waals surface area (Å²) < 4.78 is 10.9. The van der Waals surface area contributed by atoms with Gasteiger partial charge in [-0.2, -0.15) is 0 Å². The van der Waals surface area contributed by atoms with E-state index in [1.807, 2.05) is 12.1 Å². The summed E-state index contributed by atoms with van der Waals surface area (Å²) in [6.45, 7) is 2.71. The lowest BCUT2D eigenvalue weighted by molar-refractivity contribution is -0.00275. The Kier molecular flexibility index (Phi) is 4.96. The minimum Gasteiger partial charge on any atom is -0.497 e. The zero-order chi connectivity index (χ0) is 12.8. The highest BCUT2D eigenvalue weighted by Gasteiger charge is 2.16. The van der Waals surface area contributed by atoms with Crippen molar-refractivity contribution in [1.29, 1.82) is 0 Å². The monoisotopic (exact) mass is 250 g/mol. The molecule has 2 heterocycles. The van der Waals surface area contributed by atoms with Crippen LogP contribution < -0.4 is 4.74 Å². The van der Waals surface area contributed by atoms with Gasteiger partial charge in [-0.25, -0.2) is 0 Å². The molecule has 1 aromatic heterocycles. The first kappa shape index (κ1) is 13.3. The van der Waals surface area contributed by atoms with Crippen LogP contribution in [0, 0.1) is 0 Å². The van der Waals surface area contributed by atoms with Crippen molar-refractivity contribution in [2.24, 2.45) is 0 Å². The van der Waals surface area contributed by atoms with Gasteiger partial charge in [0.2, 0.25) is 0 Å². The van der Waals surface area contributed by atoms with E-state index in [1.54, 1.807) is 13.3 Å². The summed E-state index contributed by atoms with van der Waals surface area (Å²) in [5.74, 6) is 0.863. The Labute approximate surface area is 109 Å². The average molecular weight is 250 g/mol. The third kappa shape index (κ3) is 3.96. The molecule has 2 rings (SSSR count). The molecule has 0 spiro atoms. The van der Waals surface area contributed by atoms with Crippen LogP contribution in [0.4, 0.5) is 0 Å². The van der Waals surface area contributed by atoms with E-state index in [9.17, 15) is 0 Å². The lowest BCUT2D eigenvalue weighted by Gasteiger charge is -2.27. The minimum absolute atomic E-state index is 0.384. The molecule has 0 aliphatic carbocycles. The topological polar surface area (TPSA) is 34.6 Å². The maximum absolute atomic E-state index is 5.74. The van der Waals surface area contributed by atoms with Gasteiger partial charge in [0.25, 0.3) is 0 Å². The summed E-state index contributed by atoms with van der Waals surface area (Å²) in [4.78, 5) is 6.62. The van der Waals surface area contributed by atoms with Gasteiger partial charge in [-0.1, -0.05) is 0 Å². The lowest BCUT2D eigenvalue weighted by Crippen LogP contribution is -2.33. The van der Waals surface area contributed by atoms with Crippen molar-refractivity contribution in [2.45, 2.75) is 31.9 Å². The highest BCUT2D eigenvalue weighted by molar-refractivity contribution is 5.22. The number of aromatic nitrogens is 1. The third-order valence-corrected chi connectivity index (χ3v) is 3.24. The van der Waals surface area contributed by atoms with Crippen molar-refractivity contribution < 1.29 is 9.47 Å². The number of rotatable bonds is 5. The van der Waals surface area contributed by atoms with Crippen LogP contribution in [0.3, 0.4) is 0 Å². The maximum Gasteiger partial charge on any atom is 0.122 e. The zero-order valence-corrected chi connectivity index (χ0v) is 11.3. The van der Waals surface area contributed by atoms with E-state index in [2.05, 4.69) is 16.9 Å². The van der Waals surface area contributed by atoms with Crippen LogP contribution in [0.15, 0.2) is 18.3 Å². The van der Waals surface area contributed by atoms with E-state index in [1.165, 1.54) is 19.3 Å². The molecule has 1 aliphatic heterocycles. The second kappa shape index (κ2) is 6.71. The van der Waals surface area contributed by atoms with Gasteiger partial charge in [0.05, 0.1) is 18.9 Å². The molecule has 0 amide bonds. The van der Waals surface area contributed by atoms with E-state index < -0.39 is 0 Å². The van der Waals surface area contributed by atoms with E-state index in [-0.39, 0.29) is 0 Å². The molecule has 0 saturated carbocycles. The number of hydrogen-bond donors (Lipinski definition) is 0. The van der Waals surface area contributed by atoms with Gasteiger partial charge in [-0.15, -0.1) is 0 Å². The highest BCUT2D eigenvalue weighted by Crippen LogP contribution is 2.15. The summed E-state index contributed by atoms with van der Waals surface area (Å²) in [5, 5.41) is 0. The summed E-state index contributed by atoms with van der Waals surface area (Å²) in [5.41, 5.74) is 1.03. The third-order valence-electron chi connectivity index (χ3n) is 3.24. The smallest absolute Gasteiger partial charge is 0.122 e. The number of methoxy groups -OCH3 is 1. The van der Waals surface area contributed by atoms with Crippen molar-refractivity contribution in [2.75, 3.05) is 27.3 Å². The predicted molar refractivity (Wildman–Crippen MR) is 70.7 cm³/mol. The number of ether oxygens (including phenoxy) is 2. The van der Waals surface area contributed by atoms with E-state index in [0.717, 1.165) is 31.1 Å². The number of nitrogens with zero attached hydrogens (tertiary/aromatic N) is 2. The van der Waals surface area contributed by atoms with Crippen molar-refractivity contribution >= 4 is 0 Å². The van der Waals surface area contributed by atoms with Crippen LogP contribution in [0.1, 0.15) is 25.0 Å². The molecule has 1 aliphatic rings. The molecule has 1 atom stereocenters. The molecular weight excluding hydrogens is 228 g/mol. The van der Waals surface area contributed by atoms with Crippen LogP contribution in [0.25, 0.3) is 0 Å². The summed E-state index contributed by atoms with van der Waals surface area (Å²) in [7, 11) is 3.79. The van der Waals surface area contributed by atoms with Gasteiger partial charge in [0.1, 0.15) is 5.75 Å². The fourth-order valence-corrected chi connectivity index (χ4v) is 2.31. The fraction of sp³-hybridized carbons (Fsp3) is 0.643. The molecule has 1 aromatic rings. The van der Waals surface area contributed by atoms with Crippen molar-refractivity contribution in [3.63, 3.8) is 0 Å². The molecule has 4 heteroatoms. The first-order valence-corrected chi connectivity index (χ1v) is 6.57. The normalized spacial score (nSPS) is 20.1. The van der Waals surface area contributed by atoms with Crippen molar-refractivity contribution in [3.05, 3.63) is 24.0 Å². The van der Waals surface area contributed by atoms with Crippen LogP contribution in [-0.4, -0.2) is 43.3 Å². The van der Waals surface area contributed by atoms with Crippen LogP contribution in [0.5, 0.6) is 5.75 Å². The predicted octanol–water partition coefficient (Wildman–Crippen LogP) is 2.09. The Morgan fingerprint density at radius 2 is 2.39 bits per heavy atom. The Hall–Kier alpha value is -1.13.